The van der Waals surface area contributed by atoms with Crippen LogP contribution in [0.3, 0.4) is 0 Å². The Morgan fingerprint density at radius 1 is 1.05 bits per heavy atom. The van der Waals surface area contributed by atoms with E-state index in [-0.39, 0.29) is 36.1 Å². The van der Waals surface area contributed by atoms with Gasteiger partial charge in [0.05, 0.1) is 31.5 Å². The molecule has 3 saturated carbocycles. The number of likely N-dealkylation sites (N-methyl/N-ethyl adjacent to an activating group) is 1. The number of esters is 1. The van der Waals surface area contributed by atoms with Crippen molar-refractivity contribution in [2.24, 2.45) is 23.2 Å². The SMILES string of the molecule is C=C[C@@H]1CC1(NC(=O)[C@@H]1C[C@@H](Oc2cc(-c3coc(NC(C)C)n3)nc3c(Cl)c(OCCN(C)CCOCC)ccc23)CN1C(=O)[C@@H](NC(=O)O[C@@H]1C[C@@H]2C[C@@H]2C1)C(C)(C)C)C(=O)OC. The molecule has 1 saturated heterocycles. The molecule has 1 unspecified atom stereocenters. The van der Waals surface area contributed by atoms with Crippen molar-refractivity contribution in [3.8, 4) is 22.9 Å². The smallest absolute Gasteiger partial charge is 0.408 e. The van der Waals surface area contributed by atoms with Gasteiger partial charge in [-0.1, -0.05) is 38.4 Å². The summed E-state index contributed by atoms with van der Waals surface area (Å²) in [6, 6.07) is 3.46. The number of methoxy groups -OCH3 is 1. The second kappa shape index (κ2) is 19.8. The zero-order chi connectivity index (χ0) is 46.8. The van der Waals surface area contributed by atoms with E-state index in [4.69, 9.17) is 44.7 Å². The van der Waals surface area contributed by atoms with Crippen molar-refractivity contribution in [3.05, 3.63) is 42.1 Å². The molecule has 3 heterocycles. The lowest BCUT2D eigenvalue weighted by molar-refractivity contribution is -0.148. The lowest BCUT2D eigenvalue weighted by Gasteiger charge is -2.35. The van der Waals surface area contributed by atoms with E-state index < -0.39 is 53.0 Å². The number of carbonyl (C=O) groups excluding carboxylic acids is 4. The average molecular weight is 923 g/mol. The Labute approximate surface area is 385 Å². The third-order valence-electron chi connectivity index (χ3n) is 12.8. The highest BCUT2D eigenvalue weighted by molar-refractivity contribution is 6.36. The molecule has 0 radical (unpaired) electrons. The molecular formula is C47H64ClN7O10. The number of halogens is 1. The van der Waals surface area contributed by atoms with Crippen LogP contribution in [0.4, 0.5) is 10.8 Å². The van der Waals surface area contributed by atoms with Gasteiger partial charge in [0.25, 0.3) is 6.01 Å². The number of nitrogens with zero attached hydrogens (tertiary/aromatic N) is 4. The van der Waals surface area contributed by atoms with Gasteiger partial charge in [0.2, 0.25) is 11.8 Å². The van der Waals surface area contributed by atoms with E-state index in [1.807, 2.05) is 48.6 Å². The standard InChI is InChI=1S/C47H64ClN7O10/c1-10-29-23-47(29,43(58)60-9)53-41(56)35-21-31(24-55(35)42(57)40(46(5,6)7)52-45(59)65-30-19-27-18-28(27)20-30)64-37-22-33(34-25-63-44(51-34)49-26(3)4)50-39-32(37)12-13-36(38(39)48)62-17-15-54(8)14-16-61-11-2/h10,12-13,22,25-31,35,40H,1,11,14-21,23-24H2,2-9H3,(H,49,51)(H,52,59)(H,53,56)/t27-,28+,29-,30+,31-,35+,40-,47?/m1/s1. The number of amides is 3. The molecular weight excluding hydrogens is 858 g/mol. The van der Waals surface area contributed by atoms with Gasteiger partial charge in [-0.2, -0.15) is 4.98 Å². The molecule has 1 aliphatic heterocycles. The van der Waals surface area contributed by atoms with Crippen LogP contribution in [0, 0.1) is 23.2 Å². The van der Waals surface area contributed by atoms with Crippen LogP contribution in [-0.4, -0.2) is 133 Å². The molecule has 8 atom stereocenters. The molecule has 4 aliphatic rings. The van der Waals surface area contributed by atoms with E-state index in [2.05, 4.69) is 32.4 Å². The van der Waals surface area contributed by atoms with E-state index in [9.17, 15) is 19.2 Å². The van der Waals surface area contributed by atoms with E-state index >= 15 is 0 Å². The van der Waals surface area contributed by atoms with Crippen molar-refractivity contribution in [3.63, 3.8) is 0 Å². The fourth-order valence-electron chi connectivity index (χ4n) is 8.96. The summed E-state index contributed by atoms with van der Waals surface area (Å²) in [6.07, 6.45) is 4.59. The maximum atomic E-state index is 14.9. The third-order valence-corrected chi connectivity index (χ3v) is 13.1. The Bertz CT molecular complexity index is 2240. The molecule has 3 N–H and O–H groups in total. The van der Waals surface area contributed by atoms with Crippen LogP contribution in [0.5, 0.6) is 11.5 Å². The van der Waals surface area contributed by atoms with E-state index in [1.54, 1.807) is 24.3 Å². The minimum absolute atomic E-state index is 0.0387. The molecule has 3 aromatic rings. The molecule has 18 heteroatoms. The maximum Gasteiger partial charge on any atom is 0.408 e. The number of alkyl carbamates (subject to hydrolysis) is 1. The maximum absolute atomic E-state index is 14.9. The Morgan fingerprint density at radius 2 is 1.78 bits per heavy atom. The first kappa shape index (κ1) is 47.8. The normalized spacial score (nSPS) is 24.9. The fourth-order valence-corrected chi connectivity index (χ4v) is 9.22. The lowest BCUT2D eigenvalue weighted by Crippen LogP contribution is -2.59. The van der Waals surface area contributed by atoms with Crippen molar-refractivity contribution in [1.82, 2.24) is 30.4 Å². The van der Waals surface area contributed by atoms with Gasteiger partial charge in [0.15, 0.2) is 0 Å². The van der Waals surface area contributed by atoms with Crippen molar-refractivity contribution in [2.75, 3.05) is 58.9 Å². The van der Waals surface area contributed by atoms with Gasteiger partial charge in [-0.25, -0.2) is 14.6 Å². The van der Waals surface area contributed by atoms with Crippen molar-refractivity contribution in [2.45, 2.75) is 110 Å². The van der Waals surface area contributed by atoms with Crippen molar-refractivity contribution < 1.29 is 47.3 Å². The van der Waals surface area contributed by atoms with Gasteiger partial charge in [0, 0.05) is 49.5 Å². The van der Waals surface area contributed by atoms with Crippen molar-refractivity contribution >= 4 is 52.4 Å². The summed E-state index contributed by atoms with van der Waals surface area (Å²) in [7, 11) is 3.25. The van der Waals surface area contributed by atoms with Crippen LogP contribution >= 0.6 is 11.6 Å². The molecule has 0 bridgehead atoms. The number of aromatic nitrogens is 2. The topological polar surface area (TPSA) is 196 Å². The number of fused-ring (bicyclic) bond motifs is 2. The highest BCUT2D eigenvalue weighted by Crippen LogP contribution is 2.52. The van der Waals surface area contributed by atoms with Gasteiger partial charge in [-0.15, -0.1) is 6.58 Å². The average Bonchev–Trinajstić information content (AvgIpc) is 3.92. The third kappa shape index (κ3) is 10.9. The van der Waals surface area contributed by atoms with Crippen LogP contribution in [0.2, 0.25) is 5.02 Å². The number of likely N-dealkylation sites (tertiary alicyclic amines) is 1. The van der Waals surface area contributed by atoms with E-state index in [0.29, 0.717) is 84.4 Å². The van der Waals surface area contributed by atoms with Gasteiger partial charge in [0.1, 0.15) is 64.9 Å². The molecule has 7 rings (SSSR count). The van der Waals surface area contributed by atoms with Gasteiger partial charge >= 0.3 is 12.1 Å². The minimum atomic E-state index is -1.32. The fraction of sp³-hybridized carbons (Fsp3) is 0.617. The van der Waals surface area contributed by atoms with Gasteiger partial charge in [-0.3, -0.25) is 9.59 Å². The first-order chi connectivity index (χ1) is 30.9. The predicted octanol–water partition coefficient (Wildman–Crippen LogP) is 6.23. The largest absolute Gasteiger partial charge is 0.491 e. The first-order valence-electron chi connectivity index (χ1n) is 22.7. The lowest BCUT2D eigenvalue weighted by atomic mass is 9.85. The highest BCUT2D eigenvalue weighted by atomic mass is 35.5. The summed E-state index contributed by atoms with van der Waals surface area (Å²) in [4.78, 5) is 68.9. The molecule has 65 heavy (non-hydrogen) atoms. The summed E-state index contributed by atoms with van der Waals surface area (Å²) >= 11 is 7.09. The van der Waals surface area contributed by atoms with Crippen LogP contribution in [0.1, 0.15) is 73.6 Å². The number of carbonyl (C=O) groups is 4. The summed E-state index contributed by atoms with van der Waals surface area (Å²) in [5, 5.41) is 9.72. The van der Waals surface area contributed by atoms with Crippen LogP contribution in [0.15, 0.2) is 41.5 Å². The Hall–Kier alpha value is -5.13. The number of pyridine rings is 1. The summed E-state index contributed by atoms with van der Waals surface area (Å²) in [5.41, 5.74) is -0.933. The van der Waals surface area contributed by atoms with Gasteiger partial charge < -0.3 is 53.9 Å². The monoisotopic (exact) mass is 921 g/mol. The molecule has 1 aromatic carbocycles. The summed E-state index contributed by atoms with van der Waals surface area (Å²) < 4.78 is 35.1. The Kier molecular flexibility index (Phi) is 14.5. The molecule has 3 amide bonds. The molecule has 354 valence electrons. The number of hydrogen-bond acceptors (Lipinski definition) is 14. The zero-order valence-electron chi connectivity index (χ0n) is 38.7. The number of hydrogen-bond donors (Lipinski definition) is 3. The highest BCUT2D eigenvalue weighted by Gasteiger charge is 2.62. The number of ether oxygens (including phenoxy) is 5. The minimum Gasteiger partial charge on any atom is -0.491 e. The summed E-state index contributed by atoms with van der Waals surface area (Å²) in [6.45, 7) is 18.2. The van der Waals surface area contributed by atoms with Crippen LogP contribution < -0.4 is 25.4 Å². The number of anilines is 1. The Balaban J connectivity index is 1.19. The van der Waals surface area contributed by atoms with E-state index in [0.717, 1.165) is 19.4 Å². The van der Waals surface area contributed by atoms with Gasteiger partial charge in [-0.05, 0) is 82.9 Å². The van der Waals surface area contributed by atoms with Crippen molar-refractivity contribution in [1.29, 1.82) is 0 Å². The Morgan fingerprint density at radius 3 is 2.45 bits per heavy atom. The second-order valence-corrected chi connectivity index (χ2v) is 19.5. The summed E-state index contributed by atoms with van der Waals surface area (Å²) in [5.74, 6) is -0.0590. The molecule has 0 spiro atoms. The zero-order valence-corrected chi connectivity index (χ0v) is 39.5. The molecule has 17 nitrogen and oxygen atoms in total. The second-order valence-electron chi connectivity index (χ2n) is 19.1. The van der Waals surface area contributed by atoms with E-state index in [1.165, 1.54) is 24.7 Å². The number of benzene rings is 1. The van der Waals surface area contributed by atoms with Crippen LogP contribution in [0.25, 0.3) is 22.3 Å². The molecule has 4 fully saturated rings. The molecule has 2 aromatic heterocycles. The van der Waals surface area contributed by atoms with Crippen LogP contribution in [-0.2, 0) is 28.6 Å². The quantitative estimate of drug-likeness (QED) is 0.0655. The molecule has 3 aliphatic carbocycles. The predicted molar refractivity (Wildman–Crippen MR) is 244 cm³/mol. The first-order valence-corrected chi connectivity index (χ1v) is 23.0. The number of oxazole rings is 1. The number of rotatable bonds is 20. The number of nitrogens with one attached hydrogen (secondary N) is 3.